The second kappa shape index (κ2) is 7.82. The third-order valence-electron chi connectivity index (χ3n) is 4.83. The molecule has 3 rings (SSSR count). The lowest BCUT2D eigenvalue weighted by molar-refractivity contribution is -0.155. The van der Waals surface area contributed by atoms with Crippen LogP contribution in [0.1, 0.15) is 31.7 Å². The Bertz CT molecular complexity index is 828. The fourth-order valence-corrected chi connectivity index (χ4v) is 3.22. The Hall–Kier alpha value is -2.83. The van der Waals surface area contributed by atoms with Crippen molar-refractivity contribution in [2.45, 2.75) is 39.8 Å². The summed E-state index contributed by atoms with van der Waals surface area (Å²) in [6.07, 6.45) is 0.833. The number of piperazine rings is 1. The topological polar surface area (TPSA) is 75.9 Å². The molecule has 1 fully saturated rings. The van der Waals surface area contributed by atoms with E-state index in [4.69, 9.17) is 9.15 Å². The van der Waals surface area contributed by atoms with Crippen LogP contribution in [0, 0.1) is 6.92 Å². The van der Waals surface area contributed by atoms with Crippen molar-refractivity contribution < 1.29 is 18.7 Å². The molecule has 0 radical (unpaired) electrons. The number of benzene rings is 1. The van der Waals surface area contributed by atoms with Crippen molar-refractivity contribution in [3.05, 3.63) is 35.7 Å². The van der Waals surface area contributed by atoms with E-state index in [1.54, 1.807) is 23.8 Å². The number of carbonyl (C=O) groups is 2. The molecule has 2 amide bonds. The van der Waals surface area contributed by atoms with Gasteiger partial charge in [-0.1, -0.05) is 6.92 Å². The number of methoxy groups -OCH3 is 1. The molecule has 1 saturated heterocycles. The smallest absolute Gasteiger partial charge is 0.245 e. The molecule has 0 unspecified atom stereocenters. The van der Waals surface area contributed by atoms with Gasteiger partial charge < -0.3 is 19.0 Å². The van der Waals surface area contributed by atoms with Gasteiger partial charge in [-0.2, -0.15) is 0 Å². The van der Waals surface area contributed by atoms with Gasteiger partial charge in [0.1, 0.15) is 23.2 Å². The van der Waals surface area contributed by atoms with Crippen LogP contribution in [-0.2, 0) is 16.1 Å². The molecule has 1 atom stereocenters. The maximum Gasteiger partial charge on any atom is 0.245 e. The van der Waals surface area contributed by atoms with Crippen LogP contribution in [0.25, 0.3) is 11.5 Å². The van der Waals surface area contributed by atoms with Gasteiger partial charge in [-0.25, -0.2) is 4.98 Å². The Morgan fingerprint density at radius 3 is 2.59 bits per heavy atom. The standard InChI is InChI=1S/C20H25N3O4/c1-5-10-22-12-18(24)23(13(2)20(22)25)11-17-14(3)27-19(21-17)15-6-8-16(26-4)9-7-15/h6-9,13H,5,10-12H2,1-4H3/t13-/m1/s1. The molecule has 2 aromatic rings. The van der Waals surface area contributed by atoms with Gasteiger partial charge in [-0.05, 0) is 44.5 Å². The number of ether oxygens (including phenoxy) is 1. The van der Waals surface area contributed by atoms with E-state index in [9.17, 15) is 9.59 Å². The van der Waals surface area contributed by atoms with Gasteiger partial charge in [0, 0.05) is 12.1 Å². The first-order chi connectivity index (χ1) is 12.9. The fraction of sp³-hybridized carbons (Fsp3) is 0.450. The van der Waals surface area contributed by atoms with E-state index in [0.29, 0.717) is 23.9 Å². The second-order valence-electron chi connectivity index (χ2n) is 6.71. The monoisotopic (exact) mass is 371 g/mol. The van der Waals surface area contributed by atoms with E-state index >= 15 is 0 Å². The van der Waals surface area contributed by atoms with Crippen molar-refractivity contribution in [3.8, 4) is 17.2 Å². The first-order valence-corrected chi connectivity index (χ1v) is 9.13. The number of nitrogens with zero attached hydrogens (tertiary/aromatic N) is 3. The highest BCUT2D eigenvalue weighted by molar-refractivity contribution is 5.94. The van der Waals surface area contributed by atoms with Crippen LogP contribution in [0.4, 0.5) is 0 Å². The van der Waals surface area contributed by atoms with Gasteiger partial charge in [0.15, 0.2) is 0 Å². The van der Waals surface area contributed by atoms with Crippen molar-refractivity contribution in [1.82, 2.24) is 14.8 Å². The summed E-state index contributed by atoms with van der Waals surface area (Å²) in [4.78, 5) is 32.8. The van der Waals surface area contributed by atoms with Crippen molar-refractivity contribution >= 4 is 11.8 Å². The molecular weight excluding hydrogens is 346 g/mol. The van der Waals surface area contributed by atoms with E-state index < -0.39 is 6.04 Å². The largest absolute Gasteiger partial charge is 0.497 e. The molecular formula is C20H25N3O4. The summed E-state index contributed by atoms with van der Waals surface area (Å²) in [6, 6.07) is 6.92. The second-order valence-corrected chi connectivity index (χ2v) is 6.71. The van der Waals surface area contributed by atoms with Crippen LogP contribution < -0.4 is 4.74 Å². The first-order valence-electron chi connectivity index (χ1n) is 9.13. The summed E-state index contributed by atoms with van der Waals surface area (Å²) in [5, 5.41) is 0. The highest BCUT2D eigenvalue weighted by atomic mass is 16.5. The molecule has 0 aliphatic carbocycles. The zero-order chi connectivity index (χ0) is 19.6. The van der Waals surface area contributed by atoms with Crippen LogP contribution in [0.2, 0.25) is 0 Å². The summed E-state index contributed by atoms with van der Waals surface area (Å²) in [7, 11) is 1.61. The molecule has 0 N–H and O–H groups in total. The number of oxazole rings is 1. The number of hydrogen-bond acceptors (Lipinski definition) is 5. The van der Waals surface area contributed by atoms with E-state index in [1.807, 2.05) is 38.1 Å². The molecule has 0 spiro atoms. The van der Waals surface area contributed by atoms with Gasteiger partial charge in [0.05, 0.1) is 20.2 Å². The maximum atomic E-state index is 12.6. The Kier molecular flexibility index (Phi) is 5.48. The SMILES string of the molecule is CCCN1CC(=O)N(Cc2nc(-c3ccc(OC)cc3)oc2C)[C@H](C)C1=O. The lowest BCUT2D eigenvalue weighted by Crippen LogP contribution is -2.58. The summed E-state index contributed by atoms with van der Waals surface area (Å²) >= 11 is 0. The van der Waals surface area contributed by atoms with Crippen molar-refractivity contribution in [2.75, 3.05) is 20.2 Å². The highest BCUT2D eigenvalue weighted by Crippen LogP contribution is 2.25. The predicted molar refractivity (Wildman–Crippen MR) is 100 cm³/mol. The molecule has 1 aliphatic rings. The van der Waals surface area contributed by atoms with Crippen molar-refractivity contribution in [2.24, 2.45) is 0 Å². The van der Waals surface area contributed by atoms with Crippen LogP contribution in [-0.4, -0.2) is 52.8 Å². The fourth-order valence-electron chi connectivity index (χ4n) is 3.22. The summed E-state index contributed by atoms with van der Waals surface area (Å²) in [5.74, 6) is 1.80. The van der Waals surface area contributed by atoms with Crippen LogP contribution in [0.5, 0.6) is 5.75 Å². The number of carbonyl (C=O) groups excluding carboxylic acids is 2. The molecule has 1 aliphatic heterocycles. The van der Waals surface area contributed by atoms with Gasteiger partial charge in [0.2, 0.25) is 17.7 Å². The Labute approximate surface area is 158 Å². The summed E-state index contributed by atoms with van der Waals surface area (Å²) in [5.41, 5.74) is 1.49. The third kappa shape index (κ3) is 3.82. The minimum Gasteiger partial charge on any atom is -0.497 e. The average molecular weight is 371 g/mol. The van der Waals surface area contributed by atoms with Gasteiger partial charge in [-0.15, -0.1) is 0 Å². The minimum atomic E-state index is -0.502. The van der Waals surface area contributed by atoms with Crippen molar-refractivity contribution in [3.63, 3.8) is 0 Å². The van der Waals surface area contributed by atoms with Crippen LogP contribution >= 0.6 is 0 Å². The molecule has 1 aromatic carbocycles. The molecule has 144 valence electrons. The van der Waals surface area contributed by atoms with Crippen molar-refractivity contribution in [1.29, 1.82) is 0 Å². The molecule has 1 aromatic heterocycles. The number of rotatable bonds is 6. The van der Waals surface area contributed by atoms with Crippen LogP contribution in [0.3, 0.4) is 0 Å². The Balaban J connectivity index is 1.78. The van der Waals surface area contributed by atoms with Gasteiger partial charge in [0.25, 0.3) is 0 Å². The molecule has 2 heterocycles. The normalized spacial score (nSPS) is 17.6. The third-order valence-corrected chi connectivity index (χ3v) is 4.83. The quantitative estimate of drug-likeness (QED) is 0.780. The maximum absolute atomic E-state index is 12.6. The zero-order valence-corrected chi connectivity index (χ0v) is 16.2. The van der Waals surface area contributed by atoms with E-state index in [1.165, 1.54) is 0 Å². The molecule has 27 heavy (non-hydrogen) atoms. The number of aromatic nitrogens is 1. The lowest BCUT2D eigenvalue weighted by atomic mass is 10.1. The Morgan fingerprint density at radius 1 is 1.26 bits per heavy atom. The minimum absolute atomic E-state index is 0.0204. The summed E-state index contributed by atoms with van der Waals surface area (Å²) < 4.78 is 11.0. The van der Waals surface area contributed by atoms with Gasteiger partial charge >= 0.3 is 0 Å². The molecule has 0 bridgehead atoms. The highest BCUT2D eigenvalue weighted by Gasteiger charge is 2.36. The summed E-state index contributed by atoms with van der Waals surface area (Å²) in [6.45, 7) is 6.57. The number of amides is 2. The molecule has 7 heteroatoms. The molecule has 7 nitrogen and oxygen atoms in total. The lowest BCUT2D eigenvalue weighted by Gasteiger charge is -2.38. The zero-order valence-electron chi connectivity index (χ0n) is 16.2. The number of hydrogen-bond donors (Lipinski definition) is 0. The van der Waals surface area contributed by atoms with E-state index in [-0.39, 0.29) is 24.9 Å². The van der Waals surface area contributed by atoms with E-state index in [2.05, 4.69) is 4.98 Å². The van der Waals surface area contributed by atoms with Crippen LogP contribution in [0.15, 0.2) is 28.7 Å². The number of aryl methyl sites for hydroxylation is 1. The molecule has 0 saturated carbocycles. The predicted octanol–water partition coefficient (Wildman–Crippen LogP) is 2.63. The first kappa shape index (κ1) is 18.9. The van der Waals surface area contributed by atoms with Gasteiger partial charge in [-0.3, -0.25) is 9.59 Å². The Morgan fingerprint density at radius 2 is 1.96 bits per heavy atom. The average Bonchev–Trinajstić information content (AvgIpc) is 3.04. The van der Waals surface area contributed by atoms with E-state index in [0.717, 1.165) is 17.7 Å².